The predicted molar refractivity (Wildman–Crippen MR) is 89.6 cm³/mol. The summed E-state index contributed by atoms with van der Waals surface area (Å²) in [5.74, 6) is -1.31. The molecule has 0 radical (unpaired) electrons. The molecule has 25 heavy (non-hydrogen) atoms. The number of carbonyl (C=O) groups excluding carboxylic acids is 2. The Morgan fingerprint density at radius 3 is 2.44 bits per heavy atom. The fourth-order valence-corrected chi connectivity index (χ4v) is 2.55. The molecule has 0 unspecified atom stereocenters. The standard InChI is InChI=1S/C17H14N2O5S/c1-25(22,23)15-7-5-13(6-8-15)17(21)24-11-16(20)19-14-4-2-3-12(9-14)10-18/h2-9H,11H2,1H3,(H,19,20). The zero-order chi connectivity index (χ0) is 18.4. The van der Waals surface area contributed by atoms with Crippen molar-refractivity contribution in [3.05, 3.63) is 59.7 Å². The average Bonchev–Trinajstić information content (AvgIpc) is 2.59. The molecule has 0 saturated heterocycles. The predicted octanol–water partition coefficient (Wildman–Crippen LogP) is 1.76. The summed E-state index contributed by atoms with van der Waals surface area (Å²) in [5.41, 5.74) is 0.935. The van der Waals surface area contributed by atoms with E-state index in [1.807, 2.05) is 6.07 Å². The summed E-state index contributed by atoms with van der Waals surface area (Å²) >= 11 is 0. The Hall–Kier alpha value is -3.18. The second-order valence-electron chi connectivity index (χ2n) is 5.11. The number of sulfone groups is 1. The molecule has 1 amide bonds. The number of amides is 1. The van der Waals surface area contributed by atoms with Crippen molar-refractivity contribution in [2.75, 3.05) is 18.2 Å². The number of nitrogens with one attached hydrogen (secondary N) is 1. The highest BCUT2D eigenvalue weighted by molar-refractivity contribution is 7.90. The zero-order valence-electron chi connectivity index (χ0n) is 13.2. The van der Waals surface area contributed by atoms with E-state index in [0.29, 0.717) is 11.3 Å². The van der Waals surface area contributed by atoms with Crippen LogP contribution in [0.5, 0.6) is 0 Å². The molecular formula is C17H14N2O5S. The first kappa shape index (κ1) is 18.2. The van der Waals surface area contributed by atoms with Crippen LogP contribution < -0.4 is 5.32 Å². The van der Waals surface area contributed by atoms with Gasteiger partial charge in [0.15, 0.2) is 16.4 Å². The van der Waals surface area contributed by atoms with Crippen molar-refractivity contribution in [3.63, 3.8) is 0 Å². The molecular weight excluding hydrogens is 344 g/mol. The Balaban J connectivity index is 1.93. The van der Waals surface area contributed by atoms with Crippen molar-refractivity contribution in [1.82, 2.24) is 0 Å². The second-order valence-corrected chi connectivity index (χ2v) is 7.13. The van der Waals surface area contributed by atoms with Crippen LogP contribution in [0.1, 0.15) is 15.9 Å². The van der Waals surface area contributed by atoms with Crippen LogP contribution >= 0.6 is 0 Å². The van der Waals surface area contributed by atoms with E-state index in [9.17, 15) is 18.0 Å². The molecule has 0 atom stereocenters. The van der Waals surface area contributed by atoms with Crippen molar-refractivity contribution in [3.8, 4) is 6.07 Å². The van der Waals surface area contributed by atoms with Crippen LogP contribution in [0.2, 0.25) is 0 Å². The molecule has 2 aromatic carbocycles. The number of nitriles is 1. The molecule has 0 aliphatic heterocycles. The molecule has 0 aromatic heterocycles. The van der Waals surface area contributed by atoms with E-state index < -0.39 is 28.3 Å². The van der Waals surface area contributed by atoms with Crippen molar-refractivity contribution in [2.45, 2.75) is 4.90 Å². The summed E-state index contributed by atoms with van der Waals surface area (Å²) in [6.45, 7) is -0.510. The number of benzene rings is 2. The van der Waals surface area contributed by atoms with E-state index in [2.05, 4.69) is 5.32 Å². The maximum Gasteiger partial charge on any atom is 0.338 e. The SMILES string of the molecule is CS(=O)(=O)c1ccc(C(=O)OCC(=O)Nc2cccc(C#N)c2)cc1. The van der Waals surface area contributed by atoms with Gasteiger partial charge in [-0.05, 0) is 42.5 Å². The van der Waals surface area contributed by atoms with Gasteiger partial charge in [0.25, 0.3) is 5.91 Å². The van der Waals surface area contributed by atoms with Crippen LogP contribution in [0.3, 0.4) is 0 Å². The monoisotopic (exact) mass is 358 g/mol. The van der Waals surface area contributed by atoms with Gasteiger partial charge in [-0.15, -0.1) is 0 Å². The third-order valence-electron chi connectivity index (χ3n) is 3.13. The van der Waals surface area contributed by atoms with Gasteiger partial charge in [0.2, 0.25) is 0 Å². The van der Waals surface area contributed by atoms with Gasteiger partial charge in [-0.25, -0.2) is 13.2 Å². The Morgan fingerprint density at radius 1 is 1.16 bits per heavy atom. The van der Waals surface area contributed by atoms with Gasteiger partial charge in [0, 0.05) is 11.9 Å². The largest absolute Gasteiger partial charge is 0.452 e. The number of carbonyl (C=O) groups is 2. The third-order valence-corrected chi connectivity index (χ3v) is 4.26. The van der Waals surface area contributed by atoms with Crippen LogP contribution in [0.4, 0.5) is 5.69 Å². The maximum atomic E-state index is 11.9. The quantitative estimate of drug-likeness (QED) is 0.815. The lowest BCUT2D eigenvalue weighted by Gasteiger charge is -2.07. The minimum Gasteiger partial charge on any atom is -0.452 e. The number of nitrogens with zero attached hydrogens (tertiary/aromatic N) is 1. The van der Waals surface area contributed by atoms with E-state index in [1.165, 1.54) is 30.3 Å². The molecule has 0 spiro atoms. The number of esters is 1. The number of hydrogen-bond donors (Lipinski definition) is 1. The highest BCUT2D eigenvalue weighted by Crippen LogP contribution is 2.12. The van der Waals surface area contributed by atoms with E-state index in [-0.39, 0.29) is 10.5 Å². The summed E-state index contributed by atoms with van der Waals surface area (Å²) in [7, 11) is -3.35. The van der Waals surface area contributed by atoms with Gasteiger partial charge in [-0.3, -0.25) is 4.79 Å². The fraction of sp³-hybridized carbons (Fsp3) is 0.118. The Labute approximate surface area is 144 Å². The first-order valence-electron chi connectivity index (χ1n) is 7.07. The van der Waals surface area contributed by atoms with Crippen LogP contribution in [0.25, 0.3) is 0 Å². The summed E-state index contributed by atoms with van der Waals surface area (Å²) in [4.78, 5) is 23.7. The smallest absolute Gasteiger partial charge is 0.338 e. The molecule has 0 bridgehead atoms. The normalized spacial score (nSPS) is 10.6. The number of ether oxygens (including phenoxy) is 1. The number of hydrogen-bond acceptors (Lipinski definition) is 6. The van der Waals surface area contributed by atoms with Gasteiger partial charge in [0.05, 0.1) is 22.1 Å². The molecule has 2 rings (SSSR count). The Kier molecular flexibility index (Phi) is 5.52. The summed E-state index contributed by atoms with van der Waals surface area (Å²) in [5, 5.41) is 11.3. The van der Waals surface area contributed by atoms with Gasteiger partial charge in [0.1, 0.15) is 0 Å². The molecule has 0 heterocycles. The highest BCUT2D eigenvalue weighted by atomic mass is 32.2. The van der Waals surface area contributed by atoms with Crippen molar-refractivity contribution in [2.24, 2.45) is 0 Å². The molecule has 0 fully saturated rings. The molecule has 0 aliphatic rings. The molecule has 8 heteroatoms. The second kappa shape index (κ2) is 7.59. The first-order valence-corrected chi connectivity index (χ1v) is 8.96. The lowest BCUT2D eigenvalue weighted by molar-refractivity contribution is -0.119. The maximum absolute atomic E-state index is 11.9. The molecule has 7 nitrogen and oxygen atoms in total. The van der Waals surface area contributed by atoms with Crippen LogP contribution in [0, 0.1) is 11.3 Å². The van der Waals surface area contributed by atoms with E-state index in [1.54, 1.807) is 18.2 Å². The highest BCUT2D eigenvalue weighted by Gasteiger charge is 2.12. The molecule has 2 aromatic rings. The van der Waals surface area contributed by atoms with Crippen molar-refractivity contribution < 1.29 is 22.7 Å². The summed E-state index contributed by atoms with van der Waals surface area (Å²) in [6.07, 6.45) is 1.06. The fourth-order valence-electron chi connectivity index (χ4n) is 1.92. The van der Waals surface area contributed by atoms with Crippen molar-refractivity contribution >= 4 is 27.4 Å². The molecule has 0 aliphatic carbocycles. The zero-order valence-corrected chi connectivity index (χ0v) is 14.0. The van der Waals surface area contributed by atoms with Gasteiger partial charge >= 0.3 is 5.97 Å². The van der Waals surface area contributed by atoms with Gasteiger partial charge < -0.3 is 10.1 Å². The van der Waals surface area contributed by atoms with E-state index >= 15 is 0 Å². The summed E-state index contributed by atoms with van der Waals surface area (Å²) < 4.78 is 27.6. The number of rotatable bonds is 5. The van der Waals surface area contributed by atoms with Crippen LogP contribution in [-0.2, 0) is 19.4 Å². The van der Waals surface area contributed by atoms with Gasteiger partial charge in [-0.1, -0.05) is 6.07 Å². The molecule has 128 valence electrons. The van der Waals surface area contributed by atoms with Gasteiger partial charge in [-0.2, -0.15) is 5.26 Å². The van der Waals surface area contributed by atoms with Crippen molar-refractivity contribution in [1.29, 1.82) is 5.26 Å². The first-order chi connectivity index (χ1) is 11.8. The lowest BCUT2D eigenvalue weighted by Crippen LogP contribution is -2.21. The topological polar surface area (TPSA) is 113 Å². The molecule has 1 N–H and O–H groups in total. The third kappa shape index (κ3) is 5.16. The minimum absolute atomic E-state index is 0.0826. The minimum atomic E-state index is -3.35. The average molecular weight is 358 g/mol. The van der Waals surface area contributed by atoms with E-state index in [4.69, 9.17) is 10.00 Å². The molecule has 0 saturated carbocycles. The number of anilines is 1. The van der Waals surface area contributed by atoms with Crippen LogP contribution in [-0.4, -0.2) is 33.2 Å². The Bertz CT molecular complexity index is 944. The Morgan fingerprint density at radius 2 is 1.84 bits per heavy atom. The lowest BCUT2D eigenvalue weighted by atomic mass is 10.2. The van der Waals surface area contributed by atoms with E-state index in [0.717, 1.165) is 6.26 Å². The van der Waals surface area contributed by atoms with Crippen LogP contribution in [0.15, 0.2) is 53.4 Å². The summed E-state index contributed by atoms with van der Waals surface area (Å²) in [6, 6.07) is 13.5.